The first kappa shape index (κ1) is 9.60. The molecule has 2 aromatic heterocycles. The molecular weight excluding hydrogens is 218 g/mol. The summed E-state index contributed by atoms with van der Waals surface area (Å²) in [4.78, 5) is 18.1. The van der Waals surface area contributed by atoms with Crippen LogP contribution in [0.1, 0.15) is 10.5 Å². The molecule has 0 atom stereocenters. The van der Waals surface area contributed by atoms with E-state index in [1.165, 1.54) is 18.3 Å². The average molecular weight is 224 g/mol. The lowest BCUT2D eigenvalue weighted by Crippen LogP contribution is -2.15. The first-order valence-electron chi connectivity index (χ1n) is 4.05. The smallest absolute Gasteiger partial charge is 0.278 e. The summed E-state index contributed by atoms with van der Waals surface area (Å²) in [5, 5.41) is 9.92. The van der Waals surface area contributed by atoms with Gasteiger partial charge in [-0.1, -0.05) is 11.6 Å². The number of anilines is 1. The van der Waals surface area contributed by atoms with Gasteiger partial charge in [0.15, 0.2) is 10.8 Å². The maximum atomic E-state index is 11.5. The summed E-state index contributed by atoms with van der Waals surface area (Å²) < 4.78 is 0. The minimum absolute atomic E-state index is 0.177. The number of hydrogen-bond donors (Lipinski definition) is 2. The van der Waals surface area contributed by atoms with Crippen LogP contribution >= 0.6 is 11.6 Å². The molecule has 0 spiro atoms. The van der Waals surface area contributed by atoms with E-state index in [1.807, 2.05) is 0 Å². The number of nitrogens with one attached hydrogen (secondary N) is 2. The van der Waals surface area contributed by atoms with Crippen LogP contribution in [0, 0.1) is 0 Å². The van der Waals surface area contributed by atoms with Crippen molar-refractivity contribution < 1.29 is 4.79 Å². The molecule has 0 bridgehead atoms. The lowest BCUT2D eigenvalue weighted by Gasteiger charge is -1.99. The van der Waals surface area contributed by atoms with Crippen molar-refractivity contribution in [2.75, 3.05) is 5.32 Å². The number of hydrogen-bond acceptors (Lipinski definition) is 4. The van der Waals surface area contributed by atoms with Gasteiger partial charge in [0, 0.05) is 12.4 Å². The molecule has 0 saturated heterocycles. The van der Waals surface area contributed by atoms with Crippen molar-refractivity contribution in [3.8, 4) is 0 Å². The first-order valence-corrected chi connectivity index (χ1v) is 4.43. The molecule has 76 valence electrons. The van der Waals surface area contributed by atoms with Crippen LogP contribution in [0.4, 0.5) is 5.95 Å². The quantitative estimate of drug-likeness (QED) is 0.799. The van der Waals surface area contributed by atoms with Gasteiger partial charge in [-0.2, -0.15) is 0 Å². The van der Waals surface area contributed by atoms with Gasteiger partial charge in [0.1, 0.15) is 0 Å². The first-order chi connectivity index (χ1) is 7.25. The van der Waals surface area contributed by atoms with E-state index in [1.54, 1.807) is 6.20 Å². The van der Waals surface area contributed by atoms with Gasteiger partial charge in [-0.05, 0) is 12.1 Å². The van der Waals surface area contributed by atoms with Crippen molar-refractivity contribution in [1.29, 1.82) is 0 Å². The van der Waals surface area contributed by atoms with Crippen molar-refractivity contribution in [2.24, 2.45) is 0 Å². The molecule has 0 unspecified atom stereocenters. The average Bonchev–Trinajstić information content (AvgIpc) is 2.71. The molecule has 0 aliphatic rings. The van der Waals surface area contributed by atoms with Crippen LogP contribution in [0.25, 0.3) is 0 Å². The van der Waals surface area contributed by atoms with Gasteiger partial charge >= 0.3 is 0 Å². The molecule has 6 nitrogen and oxygen atoms in total. The summed E-state index contributed by atoms with van der Waals surface area (Å²) in [6, 6.07) is 2.97. The molecule has 7 heteroatoms. The highest BCUT2D eigenvalue weighted by Gasteiger charge is 2.08. The Morgan fingerprint density at radius 1 is 1.40 bits per heavy atom. The predicted molar refractivity (Wildman–Crippen MR) is 53.6 cm³/mol. The Labute approximate surface area is 89.7 Å². The molecule has 2 N–H and O–H groups in total. The normalized spacial score (nSPS) is 9.93. The molecule has 0 radical (unpaired) electrons. The Morgan fingerprint density at radius 3 is 2.87 bits per heavy atom. The van der Waals surface area contributed by atoms with Crippen LogP contribution in [-0.4, -0.2) is 26.1 Å². The lowest BCUT2D eigenvalue weighted by atomic mass is 10.4. The minimum atomic E-state index is -0.394. The van der Waals surface area contributed by atoms with E-state index in [-0.39, 0.29) is 10.8 Å². The molecular formula is C8H6ClN5O. The van der Waals surface area contributed by atoms with Crippen molar-refractivity contribution >= 4 is 23.5 Å². The van der Waals surface area contributed by atoms with Crippen molar-refractivity contribution in [3.63, 3.8) is 0 Å². The van der Waals surface area contributed by atoms with Crippen LogP contribution in [0.3, 0.4) is 0 Å². The number of H-pyrrole nitrogens is 1. The van der Waals surface area contributed by atoms with Gasteiger partial charge in [-0.3, -0.25) is 10.1 Å². The van der Waals surface area contributed by atoms with Gasteiger partial charge in [-0.15, -0.1) is 10.2 Å². The molecule has 2 heterocycles. The van der Waals surface area contributed by atoms with Crippen LogP contribution < -0.4 is 5.32 Å². The van der Waals surface area contributed by atoms with Gasteiger partial charge < -0.3 is 4.98 Å². The fourth-order valence-electron chi connectivity index (χ4n) is 0.942. The molecule has 1 amide bonds. The highest BCUT2D eigenvalue weighted by atomic mass is 35.5. The number of carbonyl (C=O) groups is 1. The number of carbonyl (C=O) groups excluding carboxylic acids is 1. The van der Waals surface area contributed by atoms with E-state index in [2.05, 4.69) is 25.5 Å². The Balaban J connectivity index is 2.11. The third kappa shape index (κ3) is 2.29. The van der Waals surface area contributed by atoms with E-state index < -0.39 is 5.91 Å². The van der Waals surface area contributed by atoms with Gasteiger partial charge in [0.25, 0.3) is 5.91 Å². The second-order valence-electron chi connectivity index (χ2n) is 2.63. The number of imidazole rings is 1. The molecule has 0 saturated carbocycles. The van der Waals surface area contributed by atoms with E-state index in [4.69, 9.17) is 11.6 Å². The second kappa shape index (κ2) is 4.05. The summed E-state index contributed by atoms with van der Waals surface area (Å²) in [6.07, 6.45) is 3.13. The highest BCUT2D eigenvalue weighted by molar-refractivity contribution is 6.29. The number of aromatic amines is 1. The predicted octanol–water partition coefficient (Wildman–Crippen LogP) is 1.11. The molecule has 2 rings (SSSR count). The Bertz CT molecular complexity index is 452. The summed E-state index contributed by atoms with van der Waals surface area (Å²) in [7, 11) is 0. The number of rotatable bonds is 2. The lowest BCUT2D eigenvalue weighted by molar-refractivity contribution is 0.102. The molecule has 0 aliphatic carbocycles. The molecule has 0 aromatic carbocycles. The summed E-state index contributed by atoms with van der Waals surface area (Å²) >= 11 is 5.54. The maximum absolute atomic E-state index is 11.5. The summed E-state index contributed by atoms with van der Waals surface area (Å²) in [5.41, 5.74) is 0.177. The van der Waals surface area contributed by atoms with E-state index in [0.717, 1.165) is 0 Å². The zero-order valence-corrected chi connectivity index (χ0v) is 8.19. The molecule has 0 aliphatic heterocycles. The second-order valence-corrected chi connectivity index (χ2v) is 3.02. The highest BCUT2D eigenvalue weighted by Crippen LogP contribution is 2.04. The zero-order valence-electron chi connectivity index (χ0n) is 7.44. The fraction of sp³-hybridized carbons (Fsp3) is 0. The zero-order chi connectivity index (χ0) is 10.7. The summed E-state index contributed by atoms with van der Waals surface area (Å²) in [5.74, 6) is -0.0362. The standard InChI is InChI=1S/C8H6ClN5O/c9-6-2-1-5(13-14-6)7(15)12-8-10-3-4-11-8/h1-4H,(H2,10,11,12,15). The van der Waals surface area contributed by atoms with Crippen molar-refractivity contribution in [1.82, 2.24) is 20.2 Å². The monoisotopic (exact) mass is 223 g/mol. The van der Waals surface area contributed by atoms with Crippen LogP contribution in [-0.2, 0) is 0 Å². The SMILES string of the molecule is O=C(Nc1ncc[nH]1)c1ccc(Cl)nn1. The van der Waals surface area contributed by atoms with Gasteiger partial charge in [-0.25, -0.2) is 4.98 Å². The third-order valence-electron chi connectivity index (χ3n) is 1.59. The number of aromatic nitrogens is 4. The Morgan fingerprint density at radius 2 is 2.27 bits per heavy atom. The minimum Gasteiger partial charge on any atom is -0.331 e. The molecule has 0 fully saturated rings. The Hall–Kier alpha value is -1.95. The topological polar surface area (TPSA) is 83.6 Å². The fourth-order valence-corrected chi connectivity index (χ4v) is 1.04. The van der Waals surface area contributed by atoms with Gasteiger partial charge in [0.05, 0.1) is 0 Å². The summed E-state index contributed by atoms with van der Waals surface area (Å²) in [6.45, 7) is 0. The van der Waals surface area contributed by atoms with Crippen LogP contribution in [0.15, 0.2) is 24.5 Å². The molecule has 2 aromatic rings. The van der Waals surface area contributed by atoms with Crippen LogP contribution in [0.5, 0.6) is 0 Å². The third-order valence-corrected chi connectivity index (χ3v) is 1.80. The van der Waals surface area contributed by atoms with Crippen molar-refractivity contribution in [2.45, 2.75) is 0 Å². The maximum Gasteiger partial charge on any atom is 0.278 e. The van der Waals surface area contributed by atoms with E-state index >= 15 is 0 Å². The Kier molecular flexibility index (Phi) is 2.59. The number of nitrogens with zero attached hydrogens (tertiary/aromatic N) is 3. The van der Waals surface area contributed by atoms with Crippen molar-refractivity contribution in [3.05, 3.63) is 35.4 Å². The largest absolute Gasteiger partial charge is 0.331 e. The number of halogens is 1. The molecule has 15 heavy (non-hydrogen) atoms. The van der Waals surface area contributed by atoms with E-state index in [9.17, 15) is 4.79 Å². The van der Waals surface area contributed by atoms with E-state index in [0.29, 0.717) is 5.95 Å². The van der Waals surface area contributed by atoms with Crippen LogP contribution in [0.2, 0.25) is 5.15 Å². The van der Waals surface area contributed by atoms with Gasteiger partial charge in [0.2, 0.25) is 5.95 Å². The number of amides is 1.